The molecule has 1 saturated heterocycles. The molecule has 1 aromatic carbocycles. The third-order valence-electron chi connectivity index (χ3n) is 3.52. The van der Waals surface area contributed by atoms with Gasteiger partial charge in [0.1, 0.15) is 11.6 Å². The summed E-state index contributed by atoms with van der Waals surface area (Å²) in [5.41, 5.74) is 1.21. The van der Waals surface area contributed by atoms with Gasteiger partial charge >= 0.3 is 0 Å². The summed E-state index contributed by atoms with van der Waals surface area (Å²) < 4.78 is 13.7. The lowest BCUT2D eigenvalue weighted by molar-refractivity contribution is 0.0572. The Morgan fingerprint density at radius 3 is 2.35 bits per heavy atom. The average molecular weight is 274 g/mol. The van der Waals surface area contributed by atoms with Crippen LogP contribution < -0.4 is 4.90 Å². The van der Waals surface area contributed by atoms with Gasteiger partial charge in [0.15, 0.2) is 0 Å². The fraction of sp³-hybridized carbons (Fsp3) is 0.267. The molecule has 2 aromatic rings. The molecule has 0 saturated carbocycles. The number of nitrogens with zero attached hydrogens (tertiary/aromatic N) is 2. The number of anilines is 1. The second kappa shape index (κ2) is 5.19. The molecule has 1 aromatic heterocycles. The van der Waals surface area contributed by atoms with E-state index in [-0.39, 0.29) is 5.82 Å². The van der Waals surface area contributed by atoms with Gasteiger partial charge in [-0.1, -0.05) is 18.2 Å². The maximum atomic E-state index is 13.7. The number of rotatable bonds is 2. The average Bonchev–Trinajstić information content (AvgIpc) is 2.80. The summed E-state index contributed by atoms with van der Waals surface area (Å²) in [6.45, 7) is 0.709. The molecule has 0 bridgehead atoms. The van der Waals surface area contributed by atoms with Crippen LogP contribution in [0.3, 0.4) is 0 Å². The van der Waals surface area contributed by atoms with E-state index in [1.54, 1.807) is 41.4 Å². The van der Waals surface area contributed by atoms with Crippen LogP contribution in [0, 0.1) is 5.82 Å². The van der Waals surface area contributed by atoms with Crippen LogP contribution in [0.4, 0.5) is 10.2 Å². The van der Waals surface area contributed by atoms with Gasteiger partial charge in [-0.05, 0) is 18.2 Å². The molecule has 2 heterocycles. The van der Waals surface area contributed by atoms with E-state index in [4.69, 9.17) is 0 Å². The van der Waals surface area contributed by atoms with Gasteiger partial charge in [0.05, 0.1) is 12.2 Å². The Hall–Kier alpha value is -1.98. The zero-order chi connectivity index (χ0) is 14.1. The molecular weight excluding hydrogens is 259 g/mol. The first kappa shape index (κ1) is 13.0. The van der Waals surface area contributed by atoms with Gasteiger partial charge in [-0.2, -0.15) is 0 Å². The monoisotopic (exact) mass is 274 g/mol. The first-order valence-electron chi connectivity index (χ1n) is 6.47. The largest absolute Gasteiger partial charge is 0.389 e. The number of aromatic nitrogens is 1. The predicted molar refractivity (Wildman–Crippen MR) is 73.9 cm³/mol. The highest BCUT2D eigenvalue weighted by Crippen LogP contribution is 2.25. The Labute approximate surface area is 116 Å². The van der Waals surface area contributed by atoms with E-state index >= 15 is 0 Å². The standard InChI is InChI=1S/C15H15FN2O2/c16-12-4-2-1-3-11(12)10-5-6-15(17-7-10)18-8-13(19)14(20)9-18/h1-7,13-14,19-20H,8-9H2. The summed E-state index contributed by atoms with van der Waals surface area (Å²) in [5.74, 6) is 0.384. The van der Waals surface area contributed by atoms with Crippen LogP contribution in [0.5, 0.6) is 0 Å². The highest BCUT2D eigenvalue weighted by Gasteiger charge is 2.30. The Kier molecular flexibility index (Phi) is 3.38. The van der Waals surface area contributed by atoms with Gasteiger partial charge in [-0.3, -0.25) is 0 Å². The first-order chi connectivity index (χ1) is 9.65. The molecule has 2 atom stereocenters. The molecule has 104 valence electrons. The number of aliphatic hydroxyl groups is 2. The van der Waals surface area contributed by atoms with Crippen molar-refractivity contribution >= 4 is 5.82 Å². The van der Waals surface area contributed by atoms with Gasteiger partial charge in [0.2, 0.25) is 0 Å². The number of β-amino-alcohol motifs (C(OH)–C–C–N with tert-alkyl or cyclic N) is 2. The van der Waals surface area contributed by atoms with Crippen molar-refractivity contribution in [1.82, 2.24) is 4.98 Å². The summed E-state index contributed by atoms with van der Waals surface area (Å²) in [5, 5.41) is 19.1. The zero-order valence-electron chi connectivity index (χ0n) is 10.8. The minimum Gasteiger partial charge on any atom is -0.389 e. The van der Waals surface area contributed by atoms with Crippen LogP contribution in [0.2, 0.25) is 0 Å². The molecule has 3 rings (SSSR count). The van der Waals surface area contributed by atoms with E-state index in [2.05, 4.69) is 4.98 Å². The van der Waals surface area contributed by atoms with Crippen LogP contribution in [0.25, 0.3) is 11.1 Å². The van der Waals surface area contributed by atoms with Gasteiger partial charge in [0, 0.05) is 30.4 Å². The van der Waals surface area contributed by atoms with Crippen LogP contribution in [0.15, 0.2) is 42.6 Å². The molecule has 1 aliphatic rings. The Morgan fingerprint density at radius 1 is 1.05 bits per heavy atom. The van der Waals surface area contributed by atoms with Crippen molar-refractivity contribution in [3.8, 4) is 11.1 Å². The molecule has 1 fully saturated rings. The third kappa shape index (κ3) is 2.37. The zero-order valence-corrected chi connectivity index (χ0v) is 10.8. The van der Waals surface area contributed by atoms with Crippen molar-refractivity contribution in [2.45, 2.75) is 12.2 Å². The molecule has 20 heavy (non-hydrogen) atoms. The summed E-state index contributed by atoms with van der Waals surface area (Å²) in [6.07, 6.45) is 0.108. The van der Waals surface area contributed by atoms with Crippen LogP contribution in [0.1, 0.15) is 0 Å². The van der Waals surface area contributed by atoms with Crippen LogP contribution in [-0.2, 0) is 0 Å². The van der Waals surface area contributed by atoms with E-state index in [0.717, 1.165) is 0 Å². The molecule has 0 spiro atoms. The van der Waals surface area contributed by atoms with E-state index in [1.165, 1.54) is 6.07 Å². The van der Waals surface area contributed by atoms with Crippen molar-refractivity contribution in [2.75, 3.05) is 18.0 Å². The Morgan fingerprint density at radius 2 is 1.75 bits per heavy atom. The number of halogens is 1. The van der Waals surface area contributed by atoms with E-state index in [9.17, 15) is 14.6 Å². The molecule has 5 heteroatoms. The highest BCUT2D eigenvalue weighted by molar-refractivity contribution is 5.64. The maximum Gasteiger partial charge on any atom is 0.131 e. The summed E-state index contributed by atoms with van der Waals surface area (Å²) in [4.78, 5) is 6.09. The number of aliphatic hydroxyl groups excluding tert-OH is 2. The van der Waals surface area contributed by atoms with Gasteiger partial charge in [-0.15, -0.1) is 0 Å². The summed E-state index contributed by atoms with van der Waals surface area (Å²) >= 11 is 0. The lowest BCUT2D eigenvalue weighted by atomic mass is 10.1. The molecule has 1 aliphatic heterocycles. The van der Waals surface area contributed by atoms with Crippen molar-refractivity contribution in [1.29, 1.82) is 0 Å². The normalized spacial score (nSPS) is 22.2. The Balaban J connectivity index is 1.84. The van der Waals surface area contributed by atoms with E-state index in [1.807, 2.05) is 0 Å². The molecule has 2 N–H and O–H groups in total. The topological polar surface area (TPSA) is 56.6 Å². The summed E-state index contributed by atoms with van der Waals surface area (Å²) in [7, 11) is 0. The number of hydrogen-bond acceptors (Lipinski definition) is 4. The molecule has 2 unspecified atom stereocenters. The summed E-state index contributed by atoms with van der Waals surface area (Å²) in [6, 6.07) is 10.1. The van der Waals surface area contributed by atoms with Crippen molar-refractivity contribution < 1.29 is 14.6 Å². The molecule has 4 nitrogen and oxygen atoms in total. The highest BCUT2D eigenvalue weighted by atomic mass is 19.1. The number of pyridine rings is 1. The fourth-order valence-corrected chi connectivity index (χ4v) is 2.38. The lowest BCUT2D eigenvalue weighted by Crippen LogP contribution is -2.22. The van der Waals surface area contributed by atoms with Gasteiger partial charge < -0.3 is 15.1 Å². The third-order valence-corrected chi connectivity index (χ3v) is 3.52. The van der Waals surface area contributed by atoms with Crippen molar-refractivity contribution in [2.24, 2.45) is 0 Å². The van der Waals surface area contributed by atoms with Gasteiger partial charge in [0.25, 0.3) is 0 Å². The number of hydrogen-bond donors (Lipinski definition) is 2. The molecular formula is C15H15FN2O2. The lowest BCUT2D eigenvalue weighted by Gasteiger charge is -2.16. The smallest absolute Gasteiger partial charge is 0.131 e. The van der Waals surface area contributed by atoms with E-state index in [0.29, 0.717) is 30.0 Å². The minimum absolute atomic E-state index is 0.283. The van der Waals surface area contributed by atoms with Crippen LogP contribution >= 0.6 is 0 Å². The second-order valence-corrected chi connectivity index (χ2v) is 4.92. The number of benzene rings is 1. The van der Waals surface area contributed by atoms with Crippen LogP contribution in [-0.4, -0.2) is 40.5 Å². The molecule has 0 amide bonds. The van der Waals surface area contributed by atoms with Gasteiger partial charge in [-0.25, -0.2) is 9.37 Å². The first-order valence-corrected chi connectivity index (χ1v) is 6.47. The SMILES string of the molecule is OC1CN(c2ccc(-c3ccccc3F)cn2)CC1O. The maximum absolute atomic E-state index is 13.7. The van der Waals surface area contributed by atoms with Crippen molar-refractivity contribution in [3.05, 3.63) is 48.4 Å². The minimum atomic E-state index is -0.747. The second-order valence-electron chi connectivity index (χ2n) is 4.92. The quantitative estimate of drug-likeness (QED) is 0.870. The van der Waals surface area contributed by atoms with E-state index < -0.39 is 12.2 Å². The predicted octanol–water partition coefficient (Wildman–Crippen LogP) is 1.43. The Bertz CT molecular complexity index is 593. The van der Waals surface area contributed by atoms with Crippen molar-refractivity contribution in [3.63, 3.8) is 0 Å². The molecule has 0 aliphatic carbocycles. The fourth-order valence-electron chi connectivity index (χ4n) is 2.38. The molecule has 0 radical (unpaired) electrons.